The molecule has 0 aliphatic carbocycles. The van der Waals surface area contributed by atoms with Crippen molar-refractivity contribution in [1.29, 1.82) is 0 Å². The summed E-state index contributed by atoms with van der Waals surface area (Å²) < 4.78 is 0. The van der Waals surface area contributed by atoms with Crippen LogP contribution in [0.1, 0.15) is 11.4 Å². The monoisotopic (exact) mass is 153 g/mol. The number of hydrogen-bond donors (Lipinski definition) is 3. The Hall–Kier alpha value is -0.800. The van der Waals surface area contributed by atoms with Crippen molar-refractivity contribution in [2.75, 3.05) is 14.1 Å². The minimum atomic E-state index is 0.906. The van der Waals surface area contributed by atoms with Crippen LogP contribution in [0.3, 0.4) is 0 Å². The summed E-state index contributed by atoms with van der Waals surface area (Å²) in [4.78, 5) is 3.29. The zero-order chi connectivity index (χ0) is 8.10. The van der Waals surface area contributed by atoms with Gasteiger partial charge in [0, 0.05) is 24.5 Å². The van der Waals surface area contributed by atoms with Gasteiger partial charge >= 0.3 is 0 Å². The first kappa shape index (κ1) is 8.30. The Morgan fingerprint density at radius 1 is 1.09 bits per heavy atom. The molecule has 1 aromatic heterocycles. The molecule has 0 unspecified atom stereocenters. The van der Waals surface area contributed by atoms with Crippen molar-refractivity contribution in [2.45, 2.75) is 13.1 Å². The van der Waals surface area contributed by atoms with Gasteiger partial charge in [-0.25, -0.2) is 0 Å². The normalized spacial score (nSPS) is 10.4. The summed E-state index contributed by atoms with van der Waals surface area (Å²) >= 11 is 0. The third-order valence-corrected chi connectivity index (χ3v) is 1.54. The second-order valence-corrected chi connectivity index (χ2v) is 2.57. The predicted octanol–water partition coefficient (Wildman–Crippen LogP) is 0.453. The molecule has 1 heterocycles. The molecule has 0 radical (unpaired) electrons. The molecule has 0 amide bonds. The molecular weight excluding hydrogens is 138 g/mol. The van der Waals surface area contributed by atoms with Gasteiger partial charge in [-0.2, -0.15) is 0 Å². The van der Waals surface area contributed by atoms with E-state index in [2.05, 4.69) is 27.8 Å². The Balaban J connectivity index is 2.51. The highest BCUT2D eigenvalue weighted by atomic mass is 14.9. The highest BCUT2D eigenvalue weighted by Gasteiger charge is 1.94. The third-order valence-electron chi connectivity index (χ3n) is 1.54. The van der Waals surface area contributed by atoms with Gasteiger partial charge in [-0.05, 0) is 26.2 Å². The number of H-pyrrole nitrogens is 1. The summed E-state index contributed by atoms with van der Waals surface area (Å²) in [6.07, 6.45) is 0. The molecule has 0 fully saturated rings. The molecule has 0 bridgehead atoms. The van der Waals surface area contributed by atoms with Gasteiger partial charge in [0.25, 0.3) is 0 Å². The van der Waals surface area contributed by atoms with Crippen molar-refractivity contribution in [3.8, 4) is 0 Å². The molecule has 62 valence electrons. The Bertz CT molecular complexity index is 184. The summed E-state index contributed by atoms with van der Waals surface area (Å²) in [5, 5.41) is 6.18. The fourth-order valence-electron chi connectivity index (χ4n) is 1.08. The Morgan fingerprint density at radius 2 is 1.55 bits per heavy atom. The molecule has 3 nitrogen and oxygen atoms in total. The molecule has 3 N–H and O–H groups in total. The predicted molar refractivity (Wildman–Crippen MR) is 46.3 cm³/mol. The average molecular weight is 153 g/mol. The second kappa shape index (κ2) is 4.16. The van der Waals surface area contributed by atoms with Crippen LogP contribution < -0.4 is 10.6 Å². The van der Waals surface area contributed by atoms with Gasteiger partial charge in [0.15, 0.2) is 0 Å². The zero-order valence-corrected chi connectivity index (χ0v) is 7.07. The highest BCUT2D eigenvalue weighted by Crippen LogP contribution is 2.00. The summed E-state index contributed by atoms with van der Waals surface area (Å²) in [6.45, 7) is 1.81. The van der Waals surface area contributed by atoms with Crippen LogP contribution in [-0.2, 0) is 13.1 Å². The van der Waals surface area contributed by atoms with Crippen molar-refractivity contribution in [3.63, 3.8) is 0 Å². The third kappa shape index (κ3) is 2.37. The van der Waals surface area contributed by atoms with Crippen LogP contribution in [0.5, 0.6) is 0 Å². The van der Waals surface area contributed by atoms with Gasteiger partial charge < -0.3 is 15.6 Å². The van der Waals surface area contributed by atoms with Crippen molar-refractivity contribution < 1.29 is 0 Å². The van der Waals surface area contributed by atoms with Crippen LogP contribution in [0.15, 0.2) is 12.1 Å². The molecule has 0 aliphatic heterocycles. The fourth-order valence-corrected chi connectivity index (χ4v) is 1.08. The Morgan fingerprint density at radius 3 is 1.91 bits per heavy atom. The van der Waals surface area contributed by atoms with Gasteiger partial charge in [0.05, 0.1) is 0 Å². The first-order chi connectivity index (χ1) is 5.36. The van der Waals surface area contributed by atoms with Crippen molar-refractivity contribution >= 4 is 0 Å². The molecule has 1 rings (SSSR count). The fraction of sp³-hybridized carbons (Fsp3) is 0.500. The van der Waals surface area contributed by atoms with E-state index in [1.807, 2.05) is 14.1 Å². The number of hydrogen-bond acceptors (Lipinski definition) is 2. The minimum Gasteiger partial charge on any atom is -0.360 e. The maximum absolute atomic E-state index is 3.29. The largest absolute Gasteiger partial charge is 0.360 e. The van der Waals surface area contributed by atoms with Crippen LogP contribution in [0.25, 0.3) is 0 Å². The van der Waals surface area contributed by atoms with Crippen LogP contribution in [0, 0.1) is 0 Å². The lowest BCUT2D eigenvalue weighted by molar-refractivity contribution is 0.766. The zero-order valence-electron chi connectivity index (χ0n) is 7.07. The van der Waals surface area contributed by atoms with E-state index in [1.54, 1.807) is 0 Å². The summed E-state index contributed by atoms with van der Waals surface area (Å²) in [5.41, 5.74) is 2.47. The maximum atomic E-state index is 3.29. The number of aromatic nitrogens is 1. The molecular formula is C8H15N3. The topological polar surface area (TPSA) is 39.8 Å². The highest BCUT2D eigenvalue weighted by molar-refractivity contribution is 5.12. The SMILES string of the molecule is CNCc1ccc(CNC)[nH]1. The molecule has 0 aromatic carbocycles. The summed E-state index contributed by atoms with van der Waals surface area (Å²) in [5.74, 6) is 0. The first-order valence-electron chi connectivity index (χ1n) is 3.82. The van der Waals surface area contributed by atoms with Gasteiger partial charge in [-0.1, -0.05) is 0 Å². The number of aromatic amines is 1. The number of nitrogens with one attached hydrogen (secondary N) is 3. The van der Waals surface area contributed by atoms with Gasteiger partial charge in [0.1, 0.15) is 0 Å². The molecule has 11 heavy (non-hydrogen) atoms. The maximum Gasteiger partial charge on any atom is 0.0354 e. The smallest absolute Gasteiger partial charge is 0.0354 e. The van der Waals surface area contributed by atoms with Gasteiger partial charge in [-0.3, -0.25) is 0 Å². The molecule has 1 aromatic rings. The molecule has 0 atom stereocenters. The number of rotatable bonds is 4. The lowest BCUT2D eigenvalue weighted by Crippen LogP contribution is -2.07. The van der Waals surface area contributed by atoms with E-state index in [1.165, 1.54) is 11.4 Å². The second-order valence-electron chi connectivity index (χ2n) is 2.57. The van der Waals surface area contributed by atoms with Crippen molar-refractivity contribution in [1.82, 2.24) is 15.6 Å². The Labute approximate surface area is 67.2 Å². The Kier molecular flexibility index (Phi) is 3.14. The lowest BCUT2D eigenvalue weighted by Gasteiger charge is -1.96. The van der Waals surface area contributed by atoms with Gasteiger partial charge in [0.2, 0.25) is 0 Å². The average Bonchev–Trinajstić information content (AvgIpc) is 2.38. The van der Waals surface area contributed by atoms with Gasteiger partial charge in [-0.15, -0.1) is 0 Å². The minimum absolute atomic E-state index is 0.906. The van der Waals surface area contributed by atoms with Crippen LogP contribution >= 0.6 is 0 Å². The molecule has 0 aliphatic rings. The molecule has 0 saturated carbocycles. The van der Waals surface area contributed by atoms with E-state index in [-0.39, 0.29) is 0 Å². The van der Waals surface area contributed by atoms with Crippen LogP contribution in [0.2, 0.25) is 0 Å². The quantitative estimate of drug-likeness (QED) is 0.588. The van der Waals surface area contributed by atoms with E-state index >= 15 is 0 Å². The van der Waals surface area contributed by atoms with E-state index in [0.717, 1.165) is 13.1 Å². The van der Waals surface area contributed by atoms with Crippen LogP contribution in [0.4, 0.5) is 0 Å². The lowest BCUT2D eigenvalue weighted by atomic mass is 10.4. The molecule has 3 heteroatoms. The van der Waals surface area contributed by atoms with E-state index < -0.39 is 0 Å². The molecule has 0 spiro atoms. The first-order valence-corrected chi connectivity index (χ1v) is 3.82. The summed E-state index contributed by atoms with van der Waals surface area (Å²) in [6, 6.07) is 4.20. The van der Waals surface area contributed by atoms with E-state index in [9.17, 15) is 0 Å². The van der Waals surface area contributed by atoms with E-state index in [4.69, 9.17) is 0 Å². The van der Waals surface area contributed by atoms with Crippen LogP contribution in [-0.4, -0.2) is 19.1 Å². The van der Waals surface area contributed by atoms with E-state index in [0.29, 0.717) is 0 Å². The standard InChI is InChI=1S/C8H15N3/c1-9-5-7-3-4-8(11-7)6-10-2/h3-4,9-11H,5-6H2,1-2H3. The van der Waals surface area contributed by atoms with Crippen molar-refractivity contribution in [3.05, 3.63) is 23.5 Å². The molecule has 0 saturated heterocycles. The van der Waals surface area contributed by atoms with Crippen molar-refractivity contribution in [2.24, 2.45) is 0 Å². The summed E-state index contributed by atoms with van der Waals surface area (Å²) in [7, 11) is 3.89.